The average molecular weight is 283 g/mol. The second-order valence-electron chi connectivity index (χ2n) is 5.10. The van der Waals surface area contributed by atoms with Gasteiger partial charge in [0, 0.05) is 18.7 Å². The third-order valence-corrected chi connectivity index (χ3v) is 3.57. The van der Waals surface area contributed by atoms with E-state index < -0.39 is 0 Å². The molecule has 4 N–H and O–H groups in total. The number of amides is 1. The molecule has 0 aliphatic carbocycles. The van der Waals surface area contributed by atoms with Crippen molar-refractivity contribution < 1.29 is 4.79 Å². The smallest absolute Gasteiger partial charge is 0.251 e. The molecule has 1 amide bonds. The minimum Gasteiger partial charge on any atom is -0.397 e. The maximum atomic E-state index is 11.7. The SMILES string of the molecule is CNC(=O)c1ccc(N)c(NC(C)c2ccccc2C)c1. The van der Waals surface area contributed by atoms with E-state index in [0.717, 1.165) is 5.69 Å². The summed E-state index contributed by atoms with van der Waals surface area (Å²) in [5, 5.41) is 6.00. The van der Waals surface area contributed by atoms with Crippen molar-refractivity contribution in [2.75, 3.05) is 18.1 Å². The van der Waals surface area contributed by atoms with Gasteiger partial charge in [0.15, 0.2) is 0 Å². The monoisotopic (exact) mass is 283 g/mol. The maximum absolute atomic E-state index is 11.7. The number of hydrogen-bond donors (Lipinski definition) is 3. The number of nitrogens with one attached hydrogen (secondary N) is 2. The van der Waals surface area contributed by atoms with Gasteiger partial charge in [0.05, 0.1) is 11.4 Å². The quantitative estimate of drug-likeness (QED) is 0.755. The molecule has 0 aliphatic rings. The molecular weight excluding hydrogens is 262 g/mol. The fourth-order valence-electron chi connectivity index (χ4n) is 2.35. The van der Waals surface area contributed by atoms with Crippen molar-refractivity contribution in [3.05, 3.63) is 59.2 Å². The lowest BCUT2D eigenvalue weighted by Gasteiger charge is -2.19. The Labute approximate surface area is 125 Å². The molecule has 0 saturated heterocycles. The van der Waals surface area contributed by atoms with Crippen LogP contribution in [0.25, 0.3) is 0 Å². The number of carbonyl (C=O) groups excluding carboxylic acids is 1. The predicted octanol–water partition coefficient (Wildman–Crippen LogP) is 3.11. The van der Waals surface area contributed by atoms with E-state index in [9.17, 15) is 4.79 Å². The Morgan fingerprint density at radius 3 is 2.57 bits per heavy atom. The summed E-state index contributed by atoms with van der Waals surface area (Å²) in [5.74, 6) is -0.124. The van der Waals surface area contributed by atoms with Gasteiger partial charge in [0.25, 0.3) is 5.91 Å². The zero-order chi connectivity index (χ0) is 15.4. The summed E-state index contributed by atoms with van der Waals surface area (Å²) in [5.41, 5.74) is 10.4. The zero-order valence-electron chi connectivity index (χ0n) is 12.6. The van der Waals surface area contributed by atoms with Gasteiger partial charge in [-0.15, -0.1) is 0 Å². The molecule has 2 aromatic rings. The molecular formula is C17H21N3O. The Kier molecular flexibility index (Phi) is 4.48. The second kappa shape index (κ2) is 6.31. The Hall–Kier alpha value is -2.49. The van der Waals surface area contributed by atoms with Crippen LogP contribution in [0.15, 0.2) is 42.5 Å². The number of nitrogens with two attached hydrogens (primary N) is 1. The summed E-state index contributed by atoms with van der Waals surface area (Å²) in [4.78, 5) is 11.7. The Balaban J connectivity index is 2.27. The van der Waals surface area contributed by atoms with Crippen molar-refractivity contribution in [1.29, 1.82) is 0 Å². The molecule has 0 radical (unpaired) electrons. The van der Waals surface area contributed by atoms with Gasteiger partial charge in [0.2, 0.25) is 0 Å². The minimum absolute atomic E-state index is 0.105. The van der Waals surface area contributed by atoms with Crippen LogP contribution in [-0.2, 0) is 0 Å². The maximum Gasteiger partial charge on any atom is 0.251 e. The molecule has 2 rings (SSSR count). The summed E-state index contributed by atoms with van der Waals surface area (Å²) in [6.07, 6.45) is 0. The molecule has 110 valence electrons. The minimum atomic E-state index is -0.124. The van der Waals surface area contributed by atoms with Gasteiger partial charge in [-0.1, -0.05) is 24.3 Å². The summed E-state index contributed by atoms with van der Waals surface area (Å²) >= 11 is 0. The van der Waals surface area contributed by atoms with E-state index in [-0.39, 0.29) is 11.9 Å². The molecule has 21 heavy (non-hydrogen) atoms. The molecule has 0 heterocycles. The van der Waals surface area contributed by atoms with E-state index in [1.54, 1.807) is 25.2 Å². The fourth-order valence-corrected chi connectivity index (χ4v) is 2.35. The number of rotatable bonds is 4. The molecule has 2 aromatic carbocycles. The predicted molar refractivity (Wildman–Crippen MR) is 87.5 cm³/mol. The molecule has 1 unspecified atom stereocenters. The number of hydrogen-bond acceptors (Lipinski definition) is 3. The van der Waals surface area contributed by atoms with E-state index >= 15 is 0 Å². The topological polar surface area (TPSA) is 67.2 Å². The van der Waals surface area contributed by atoms with Crippen LogP contribution in [0.2, 0.25) is 0 Å². The molecule has 4 heteroatoms. The number of benzene rings is 2. The van der Waals surface area contributed by atoms with Crippen molar-refractivity contribution in [3.63, 3.8) is 0 Å². The van der Waals surface area contributed by atoms with Gasteiger partial charge in [0.1, 0.15) is 0 Å². The first-order valence-electron chi connectivity index (χ1n) is 6.96. The molecule has 0 aliphatic heterocycles. The Morgan fingerprint density at radius 1 is 1.19 bits per heavy atom. The van der Waals surface area contributed by atoms with Crippen molar-refractivity contribution in [1.82, 2.24) is 5.32 Å². The van der Waals surface area contributed by atoms with Crippen LogP contribution in [0.5, 0.6) is 0 Å². The van der Waals surface area contributed by atoms with Crippen molar-refractivity contribution >= 4 is 17.3 Å². The third kappa shape index (κ3) is 3.34. The molecule has 0 saturated carbocycles. The van der Waals surface area contributed by atoms with Crippen LogP contribution in [0, 0.1) is 6.92 Å². The number of carbonyl (C=O) groups is 1. The standard InChI is InChI=1S/C17H21N3O/c1-11-6-4-5-7-14(11)12(2)20-16-10-13(17(21)19-3)8-9-15(16)18/h4-10,12,20H,18H2,1-3H3,(H,19,21). The first-order chi connectivity index (χ1) is 10.0. The largest absolute Gasteiger partial charge is 0.397 e. The summed E-state index contributed by atoms with van der Waals surface area (Å²) < 4.78 is 0. The van der Waals surface area contributed by atoms with Crippen LogP contribution in [0.1, 0.15) is 34.5 Å². The molecule has 0 spiro atoms. The summed E-state index contributed by atoms with van der Waals surface area (Å²) in [7, 11) is 1.61. The van der Waals surface area contributed by atoms with Crippen LogP contribution in [-0.4, -0.2) is 13.0 Å². The fraction of sp³-hybridized carbons (Fsp3) is 0.235. The zero-order valence-corrected chi connectivity index (χ0v) is 12.6. The van der Waals surface area contributed by atoms with Gasteiger partial charge < -0.3 is 16.4 Å². The van der Waals surface area contributed by atoms with Gasteiger partial charge in [-0.2, -0.15) is 0 Å². The van der Waals surface area contributed by atoms with Crippen molar-refractivity contribution in [2.45, 2.75) is 19.9 Å². The molecule has 0 aromatic heterocycles. The van der Waals surface area contributed by atoms with E-state index in [2.05, 4.69) is 36.6 Å². The average Bonchev–Trinajstić information content (AvgIpc) is 2.49. The molecule has 4 nitrogen and oxygen atoms in total. The summed E-state index contributed by atoms with van der Waals surface area (Å²) in [6.45, 7) is 4.16. The first-order valence-corrected chi connectivity index (χ1v) is 6.96. The van der Waals surface area contributed by atoms with Crippen molar-refractivity contribution in [2.24, 2.45) is 0 Å². The van der Waals surface area contributed by atoms with Gasteiger partial charge >= 0.3 is 0 Å². The van der Waals surface area contributed by atoms with Crippen LogP contribution >= 0.6 is 0 Å². The van der Waals surface area contributed by atoms with E-state index in [4.69, 9.17) is 5.73 Å². The number of anilines is 2. The van der Waals surface area contributed by atoms with Crippen LogP contribution in [0.4, 0.5) is 11.4 Å². The van der Waals surface area contributed by atoms with Crippen LogP contribution in [0.3, 0.4) is 0 Å². The summed E-state index contributed by atoms with van der Waals surface area (Å²) in [6, 6.07) is 13.6. The Morgan fingerprint density at radius 2 is 1.90 bits per heavy atom. The van der Waals surface area contributed by atoms with E-state index in [0.29, 0.717) is 11.3 Å². The highest BCUT2D eigenvalue weighted by Crippen LogP contribution is 2.26. The van der Waals surface area contributed by atoms with Crippen LogP contribution < -0.4 is 16.4 Å². The highest BCUT2D eigenvalue weighted by atomic mass is 16.1. The first kappa shape index (κ1) is 14.9. The van der Waals surface area contributed by atoms with E-state index in [1.807, 2.05) is 12.1 Å². The van der Waals surface area contributed by atoms with E-state index in [1.165, 1.54) is 11.1 Å². The number of aryl methyl sites for hydroxylation is 1. The highest BCUT2D eigenvalue weighted by Gasteiger charge is 2.11. The lowest BCUT2D eigenvalue weighted by Crippen LogP contribution is -2.18. The van der Waals surface area contributed by atoms with Crippen molar-refractivity contribution in [3.8, 4) is 0 Å². The Bertz CT molecular complexity index is 652. The van der Waals surface area contributed by atoms with Gasteiger partial charge in [-0.05, 0) is 43.2 Å². The lowest BCUT2D eigenvalue weighted by atomic mass is 10.0. The number of nitrogen functional groups attached to an aromatic ring is 1. The normalized spacial score (nSPS) is 11.8. The second-order valence-corrected chi connectivity index (χ2v) is 5.10. The molecule has 0 bridgehead atoms. The third-order valence-electron chi connectivity index (χ3n) is 3.57. The highest BCUT2D eigenvalue weighted by molar-refractivity contribution is 5.96. The lowest BCUT2D eigenvalue weighted by molar-refractivity contribution is 0.0963. The molecule has 0 fully saturated rings. The van der Waals surface area contributed by atoms with Gasteiger partial charge in [-0.3, -0.25) is 4.79 Å². The molecule has 1 atom stereocenters. The van der Waals surface area contributed by atoms with Gasteiger partial charge in [-0.25, -0.2) is 0 Å².